The number of amides is 1. The maximum absolute atomic E-state index is 12.9. The third-order valence-electron chi connectivity index (χ3n) is 4.99. The fourth-order valence-electron chi connectivity index (χ4n) is 3.79. The van der Waals surface area contributed by atoms with Gasteiger partial charge < -0.3 is 10.6 Å². The second-order valence-corrected chi connectivity index (χ2v) is 6.51. The van der Waals surface area contributed by atoms with E-state index in [0.29, 0.717) is 11.4 Å². The second kappa shape index (κ2) is 5.20. The summed E-state index contributed by atoms with van der Waals surface area (Å²) in [7, 11) is 1.78. The van der Waals surface area contributed by atoms with Gasteiger partial charge in [-0.15, -0.1) is 0 Å². The van der Waals surface area contributed by atoms with Gasteiger partial charge in [0, 0.05) is 20.1 Å². The smallest absolute Gasteiger partial charge is 0.259 e. The van der Waals surface area contributed by atoms with Gasteiger partial charge in [0.15, 0.2) is 0 Å². The van der Waals surface area contributed by atoms with Crippen LogP contribution >= 0.6 is 0 Å². The van der Waals surface area contributed by atoms with E-state index >= 15 is 0 Å². The molecule has 0 aromatic carbocycles. The summed E-state index contributed by atoms with van der Waals surface area (Å²) in [6.45, 7) is 3.54. The highest BCUT2D eigenvalue weighted by molar-refractivity contribution is 5.99. The molecular formula is C16H24N4O. The van der Waals surface area contributed by atoms with Crippen molar-refractivity contribution < 1.29 is 4.79 Å². The van der Waals surface area contributed by atoms with Crippen molar-refractivity contribution in [2.24, 2.45) is 12.5 Å². The van der Waals surface area contributed by atoms with E-state index in [4.69, 9.17) is 5.73 Å². The molecule has 1 saturated heterocycles. The lowest BCUT2D eigenvalue weighted by Gasteiger charge is -2.44. The van der Waals surface area contributed by atoms with E-state index in [-0.39, 0.29) is 11.3 Å². The molecule has 114 valence electrons. The first-order valence-electron chi connectivity index (χ1n) is 7.76. The normalized spacial score (nSPS) is 25.5. The van der Waals surface area contributed by atoms with Crippen LogP contribution in [0.5, 0.6) is 0 Å². The summed E-state index contributed by atoms with van der Waals surface area (Å²) in [5.41, 5.74) is 7.62. The number of piperidine rings is 1. The van der Waals surface area contributed by atoms with Crippen LogP contribution in [0.4, 0.5) is 5.82 Å². The lowest BCUT2D eigenvalue weighted by Crippen LogP contribution is -2.46. The highest BCUT2D eigenvalue weighted by Crippen LogP contribution is 2.41. The molecule has 1 atom stereocenters. The number of anilines is 1. The van der Waals surface area contributed by atoms with E-state index in [0.717, 1.165) is 38.0 Å². The van der Waals surface area contributed by atoms with Crippen molar-refractivity contribution in [3.8, 4) is 0 Å². The average molecular weight is 288 g/mol. The molecule has 1 unspecified atom stereocenters. The van der Waals surface area contributed by atoms with Crippen LogP contribution < -0.4 is 5.73 Å². The van der Waals surface area contributed by atoms with Gasteiger partial charge >= 0.3 is 0 Å². The Kier molecular flexibility index (Phi) is 3.51. The predicted octanol–water partition coefficient (Wildman–Crippen LogP) is 2.27. The standard InChI is InChI=1S/C16H24N4O/c1-12-13(14(17)19(2)18-12)15(21)20-10-6-9-16(11-20)7-4-3-5-8-16/h3-4H,5-11,17H2,1-2H3. The van der Waals surface area contributed by atoms with Gasteiger partial charge in [0.05, 0.1) is 5.69 Å². The van der Waals surface area contributed by atoms with Gasteiger partial charge in [0.25, 0.3) is 5.91 Å². The molecule has 21 heavy (non-hydrogen) atoms. The predicted molar refractivity (Wildman–Crippen MR) is 82.9 cm³/mol. The average Bonchev–Trinajstić information content (AvgIpc) is 2.72. The molecule has 2 heterocycles. The summed E-state index contributed by atoms with van der Waals surface area (Å²) in [6.07, 6.45) is 10.3. The second-order valence-electron chi connectivity index (χ2n) is 6.51. The van der Waals surface area contributed by atoms with Crippen LogP contribution in [-0.4, -0.2) is 33.7 Å². The Morgan fingerprint density at radius 3 is 2.81 bits per heavy atom. The maximum Gasteiger partial charge on any atom is 0.259 e. The molecule has 3 rings (SSSR count). The fraction of sp³-hybridized carbons (Fsp3) is 0.625. The molecule has 2 N–H and O–H groups in total. The van der Waals surface area contributed by atoms with Crippen molar-refractivity contribution in [2.75, 3.05) is 18.8 Å². The Labute approximate surface area is 125 Å². The minimum atomic E-state index is 0.0479. The van der Waals surface area contributed by atoms with Gasteiger partial charge in [-0.1, -0.05) is 12.2 Å². The monoisotopic (exact) mass is 288 g/mol. The van der Waals surface area contributed by atoms with Crippen LogP contribution in [0.1, 0.15) is 48.2 Å². The molecule has 1 aromatic heterocycles. The zero-order valence-corrected chi connectivity index (χ0v) is 12.9. The first kappa shape index (κ1) is 14.2. The number of likely N-dealkylation sites (tertiary alicyclic amines) is 1. The lowest BCUT2D eigenvalue weighted by atomic mass is 9.71. The number of hydrogen-bond donors (Lipinski definition) is 1. The van der Waals surface area contributed by atoms with E-state index in [1.807, 2.05) is 11.8 Å². The molecule has 2 aliphatic rings. The Hall–Kier alpha value is -1.78. The molecule has 5 heteroatoms. The number of nitrogen functional groups attached to an aromatic ring is 1. The third-order valence-corrected chi connectivity index (χ3v) is 4.99. The first-order valence-corrected chi connectivity index (χ1v) is 7.76. The zero-order valence-electron chi connectivity index (χ0n) is 12.9. The largest absolute Gasteiger partial charge is 0.383 e. The lowest BCUT2D eigenvalue weighted by molar-refractivity contribution is 0.0484. The molecule has 0 saturated carbocycles. The number of rotatable bonds is 1. The SMILES string of the molecule is Cc1nn(C)c(N)c1C(=O)N1CCCC2(CC=CCC2)C1. The van der Waals surface area contributed by atoms with Crippen LogP contribution in [0.2, 0.25) is 0 Å². The third kappa shape index (κ3) is 2.45. The number of carbonyl (C=O) groups is 1. The highest BCUT2D eigenvalue weighted by Gasteiger charge is 2.38. The molecule has 1 aliphatic heterocycles. The van der Waals surface area contributed by atoms with Crippen molar-refractivity contribution in [1.29, 1.82) is 0 Å². The number of aromatic nitrogens is 2. The molecule has 1 aliphatic carbocycles. The van der Waals surface area contributed by atoms with Gasteiger partial charge in [-0.2, -0.15) is 5.10 Å². The Morgan fingerprint density at radius 1 is 1.38 bits per heavy atom. The van der Waals surface area contributed by atoms with Gasteiger partial charge in [0.1, 0.15) is 11.4 Å². The summed E-state index contributed by atoms with van der Waals surface area (Å²) < 4.78 is 1.59. The fourth-order valence-corrected chi connectivity index (χ4v) is 3.79. The molecular weight excluding hydrogens is 264 g/mol. The van der Waals surface area contributed by atoms with Crippen LogP contribution in [0, 0.1) is 12.3 Å². The molecule has 1 fully saturated rings. The van der Waals surface area contributed by atoms with E-state index in [1.54, 1.807) is 11.7 Å². The summed E-state index contributed by atoms with van der Waals surface area (Å²) >= 11 is 0. The van der Waals surface area contributed by atoms with Gasteiger partial charge in [-0.05, 0) is 44.4 Å². The van der Waals surface area contributed by atoms with Crippen molar-refractivity contribution >= 4 is 11.7 Å². The minimum absolute atomic E-state index is 0.0479. The van der Waals surface area contributed by atoms with Crippen molar-refractivity contribution in [3.05, 3.63) is 23.4 Å². The van der Waals surface area contributed by atoms with Crippen molar-refractivity contribution in [2.45, 2.75) is 39.0 Å². The number of nitrogens with two attached hydrogens (primary N) is 1. The maximum atomic E-state index is 12.9. The summed E-state index contributed by atoms with van der Waals surface area (Å²) in [6, 6.07) is 0. The molecule has 1 aromatic rings. The number of carbonyl (C=O) groups excluding carboxylic acids is 1. The van der Waals surface area contributed by atoms with E-state index in [1.165, 1.54) is 12.8 Å². The molecule has 1 spiro atoms. The Morgan fingerprint density at radius 2 is 2.19 bits per heavy atom. The van der Waals surface area contributed by atoms with Crippen LogP contribution in [-0.2, 0) is 7.05 Å². The van der Waals surface area contributed by atoms with Crippen molar-refractivity contribution in [1.82, 2.24) is 14.7 Å². The number of allylic oxidation sites excluding steroid dienone is 2. The van der Waals surface area contributed by atoms with E-state index < -0.39 is 0 Å². The van der Waals surface area contributed by atoms with Gasteiger partial charge in [0.2, 0.25) is 0 Å². The molecule has 0 bridgehead atoms. The summed E-state index contributed by atoms with van der Waals surface area (Å²) in [5, 5.41) is 4.26. The quantitative estimate of drug-likeness (QED) is 0.806. The Bertz CT molecular complexity index is 589. The van der Waals surface area contributed by atoms with Crippen LogP contribution in [0.25, 0.3) is 0 Å². The Balaban J connectivity index is 1.83. The number of aryl methyl sites for hydroxylation is 2. The zero-order chi connectivity index (χ0) is 15.0. The molecule has 1 amide bonds. The highest BCUT2D eigenvalue weighted by atomic mass is 16.2. The first-order chi connectivity index (χ1) is 10.0. The topological polar surface area (TPSA) is 64.2 Å². The van der Waals surface area contributed by atoms with E-state index in [2.05, 4.69) is 17.3 Å². The molecule has 5 nitrogen and oxygen atoms in total. The minimum Gasteiger partial charge on any atom is -0.383 e. The molecule has 0 radical (unpaired) electrons. The number of nitrogens with zero attached hydrogens (tertiary/aromatic N) is 3. The number of hydrogen-bond acceptors (Lipinski definition) is 3. The van der Waals surface area contributed by atoms with Crippen molar-refractivity contribution in [3.63, 3.8) is 0 Å². The van der Waals surface area contributed by atoms with Gasteiger partial charge in [-0.25, -0.2) is 0 Å². The van der Waals surface area contributed by atoms with Crippen LogP contribution in [0.15, 0.2) is 12.2 Å². The summed E-state index contributed by atoms with van der Waals surface area (Å²) in [5.74, 6) is 0.521. The van der Waals surface area contributed by atoms with Crippen LogP contribution in [0.3, 0.4) is 0 Å². The van der Waals surface area contributed by atoms with Gasteiger partial charge in [-0.3, -0.25) is 9.48 Å². The van der Waals surface area contributed by atoms with E-state index in [9.17, 15) is 4.79 Å². The summed E-state index contributed by atoms with van der Waals surface area (Å²) in [4.78, 5) is 14.8.